The monoisotopic (exact) mass is 460 g/mol. The molecule has 0 atom stereocenters. The van der Waals surface area contributed by atoms with Gasteiger partial charge in [-0.15, -0.1) is 0 Å². The molecular formula is C24H17ClN4O4. The molecule has 0 spiro atoms. The minimum Gasteiger partial charge on any atom is -0.454 e. The molecule has 0 amide bonds. The van der Waals surface area contributed by atoms with Gasteiger partial charge in [0.05, 0.1) is 12.2 Å². The van der Waals surface area contributed by atoms with Gasteiger partial charge in [0.1, 0.15) is 17.0 Å². The minimum absolute atomic E-state index is 0.177. The van der Waals surface area contributed by atoms with Crippen LogP contribution in [0.15, 0.2) is 70.1 Å². The molecule has 2 aromatic carbocycles. The van der Waals surface area contributed by atoms with Gasteiger partial charge in [0.25, 0.3) is 5.56 Å². The number of halogens is 1. The Morgan fingerprint density at radius 2 is 1.91 bits per heavy atom. The van der Waals surface area contributed by atoms with Crippen LogP contribution in [-0.4, -0.2) is 26.0 Å². The first-order chi connectivity index (χ1) is 16.0. The molecule has 5 aromatic rings. The number of rotatable bonds is 4. The topological polar surface area (TPSA) is 83.8 Å². The lowest BCUT2D eigenvalue weighted by Crippen LogP contribution is -2.22. The molecular weight excluding hydrogens is 444 g/mol. The Balaban J connectivity index is 1.34. The van der Waals surface area contributed by atoms with E-state index in [1.54, 1.807) is 39.7 Å². The molecule has 1 aliphatic rings. The Bertz CT molecular complexity index is 1580. The van der Waals surface area contributed by atoms with Gasteiger partial charge in [0.2, 0.25) is 12.7 Å². The molecule has 0 N–H and O–H groups in total. The van der Waals surface area contributed by atoms with Crippen molar-refractivity contribution >= 4 is 17.1 Å². The van der Waals surface area contributed by atoms with Crippen LogP contribution in [-0.2, 0) is 6.54 Å². The Morgan fingerprint density at radius 1 is 1.03 bits per heavy atom. The number of aryl methyl sites for hydroxylation is 1. The maximum absolute atomic E-state index is 13.2. The van der Waals surface area contributed by atoms with Crippen molar-refractivity contribution in [1.29, 1.82) is 0 Å². The summed E-state index contributed by atoms with van der Waals surface area (Å²) in [5.74, 6) is 2.48. The maximum atomic E-state index is 13.2. The van der Waals surface area contributed by atoms with Crippen molar-refractivity contribution in [3.63, 3.8) is 0 Å². The van der Waals surface area contributed by atoms with Crippen LogP contribution < -0.4 is 15.0 Å². The van der Waals surface area contributed by atoms with E-state index in [4.69, 9.17) is 25.5 Å². The summed E-state index contributed by atoms with van der Waals surface area (Å²) in [7, 11) is 0. The Morgan fingerprint density at radius 3 is 2.79 bits per heavy atom. The predicted molar refractivity (Wildman–Crippen MR) is 122 cm³/mol. The third-order valence-corrected chi connectivity index (χ3v) is 5.79. The average molecular weight is 461 g/mol. The first-order valence-electron chi connectivity index (χ1n) is 10.3. The number of benzene rings is 2. The van der Waals surface area contributed by atoms with Gasteiger partial charge in [-0.2, -0.15) is 5.10 Å². The summed E-state index contributed by atoms with van der Waals surface area (Å²) in [6, 6.07) is 14.7. The fraction of sp³-hybridized carbons (Fsp3) is 0.125. The molecule has 0 unspecified atom stereocenters. The van der Waals surface area contributed by atoms with Gasteiger partial charge in [0.15, 0.2) is 11.5 Å². The molecule has 6 rings (SSSR count). The van der Waals surface area contributed by atoms with Crippen molar-refractivity contribution in [2.24, 2.45) is 0 Å². The lowest BCUT2D eigenvalue weighted by Gasteiger charge is -2.04. The lowest BCUT2D eigenvalue weighted by atomic mass is 10.1. The highest BCUT2D eigenvalue weighted by atomic mass is 35.5. The smallest absolute Gasteiger partial charge is 0.276 e. The number of hydrogen-bond acceptors (Lipinski definition) is 6. The van der Waals surface area contributed by atoms with E-state index in [0.717, 1.165) is 11.1 Å². The van der Waals surface area contributed by atoms with Crippen LogP contribution in [0, 0.1) is 6.92 Å². The molecule has 4 heterocycles. The first-order valence-corrected chi connectivity index (χ1v) is 10.6. The zero-order valence-corrected chi connectivity index (χ0v) is 18.2. The summed E-state index contributed by atoms with van der Waals surface area (Å²) < 4.78 is 19.8. The highest BCUT2D eigenvalue weighted by Crippen LogP contribution is 2.35. The van der Waals surface area contributed by atoms with Gasteiger partial charge in [0, 0.05) is 28.5 Å². The van der Waals surface area contributed by atoms with Gasteiger partial charge >= 0.3 is 0 Å². The predicted octanol–water partition coefficient (Wildman–Crippen LogP) is 4.56. The Kier molecular flexibility index (Phi) is 4.48. The minimum atomic E-state index is -0.177. The molecule has 3 aromatic heterocycles. The number of aromatic nitrogens is 4. The largest absolute Gasteiger partial charge is 0.454 e. The second-order valence-corrected chi connectivity index (χ2v) is 8.13. The highest BCUT2D eigenvalue weighted by molar-refractivity contribution is 6.30. The summed E-state index contributed by atoms with van der Waals surface area (Å²) >= 11 is 6.09. The SMILES string of the molecule is Cc1oc(-c2cccc(Cl)c2)nc1Cn1ccn2nc(-c3ccc4c(c3)OCO4)cc2c1=O. The molecule has 0 saturated carbocycles. The number of hydrogen-bond donors (Lipinski definition) is 0. The molecule has 1 aliphatic heterocycles. The highest BCUT2D eigenvalue weighted by Gasteiger charge is 2.17. The number of nitrogens with zero attached hydrogens (tertiary/aromatic N) is 4. The first kappa shape index (κ1) is 19.6. The third kappa shape index (κ3) is 3.44. The standard InChI is InChI=1S/C24H17ClN4O4/c1-14-19(26-23(33-14)16-3-2-4-17(25)9-16)12-28-7-8-29-20(24(28)30)11-18(27-29)15-5-6-21-22(10-15)32-13-31-21/h2-11H,12-13H2,1H3. The summed E-state index contributed by atoms with van der Waals surface area (Å²) in [5.41, 5.74) is 3.25. The van der Waals surface area contributed by atoms with Crippen LogP contribution in [0.5, 0.6) is 11.5 Å². The molecule has 33 heavy (non-hydrogen) atoms. The molecule has 9 heteroatoms. The summed E-state index contributed by atoms with van der Waals surface area (Å²) in [4.78, 5) is 17.8. The van der Waals surface area contributed by atoms with Crippen molar-refractivity contribution in [2.75, 3.05) is 6.79 Å². The van der Waals surface area contributed by atoms with Crippen LogP contribution in [0.2, 0.25) is 5.02 Å². The van der Waals surface area contributed by atoms with Crippen LogP contribution in [0.25, 0.3) is 28.2 Å². The van der Waals surface area contributed by atoms with Gasteiger partial charge in [-0.3, -0.25) is 4.79 Å². The second kappa shape index (κ2) is 7.53. The van der Waals surface area contributed by atoms with Gasteiger partial charge in [-0.1, -0.05) is 17.7 Å². The van der Waals surface area contributed by atoms with Gasteiger partial charge < -0.3 is 18.5 Å². The van der Waals surface area contributed by atoms with Crippen molar-refractivity contribution in [2.45, 2.75) is 13.5 Å². The van der Waals surface area contributed by atoms with E-state index in [0.29, 0.717) is 45.1 Å². The van der Waals surface area contributed by atoms with Gasteiger partial charge in [-0.05, 0) is 49.4 Å². The second-order valence-electron chi connectivity index (χ2n) is 7.69. The van der Waals surface area contributed by atoms with Crippen LogP contribution in [0.3, 0.4) is 0 Å². The normalized spacial score (nSPS) is 12.5. The molecule has 0 radical (unpaired) electrons. The number of oxazole rings is 1. The molecule has 164 valence electrons. The average Bonchev–Trinajstić information content (AvgIpc) is 3.54. The molecule has 8 nitrogen and oxygen atoms in total. The van der Waals surface area contributed by atoms with Crippen LogP contribution >= 0.6 is 11.6 Å². The Labute approximate surface area is 192 Å². The fourth-order valence-corrected chi connectivity index (χ4v) is 4.02. The summed E-state index contributed by atoms with van der Waals surface area (Å²) in [6.07, 6.45) is 3.44. The van der Waals surface area contributed by atoms with E-state index in [2.05, 4.69) is 10.1 Å². The zero-order chi connectivity index (χ0) is 22.5. The summed E-state index contributed by atoms with van der Waals surface area (Å²) in [6.45, 7) is 2.31. The van der Waals surface area contributed by atoms with Crippen molar-refractivity contribution in [3.8, 4) is 34.2 Å². The summed E-state index contributed by atoms with van der Waals surface area (Å²) in [5, 5.41) is 5.15. The van der Waals surface area contributed by atoms with E-state index in [9.17, 15) is 4.79 Å². The van der Waals surface area contributed by atoms with Crippen molar-refractivity contribution in [3.05, 3.63) is 87.8 Å². The van der Waals surface area contributed by atoms with E-state index < -0.39 is 0 Å². The molecule has 0 fully saturated rings. The van der Waals surface area contributed by atoms with Crippen LogP contribution in [0.4, 0.5) is 0 Å². The van der Waals surface area contributed by atoms with E-state index in [1.165, 1.54) is 0 Å². The van der Waals surface area contributed by atoms with E-state index in [1.807, 2.05) is 37.3 Å². The maximum Gasteiger partial charge on any atom is 0.276 e. The molecule has 0 aliphatic carbocycles. The third-order valence-electron chi connectivity index (χ3n) is 5.56. The fourth-order valence-electron chi connectivity index (χ4n) is 3.83. The van der Waals surface area contributed by atoms with Crippen LogP contribution in [0.1, 0.15) is 11.5 Å². The zero-order valence-electron chi connectivity index (χ0n) is 17.5. The number of fused-ring (bicyclic) bond motifs is 2. The van der Waals surface area contributed by atoms with E-state index in [-0.39, 0.29) is 18.9 Å². The number of ether oxygens (including phenoxy) is 2. The lowest BCUT2D eigenvalue weighted by molar-refractivity contribution is 0.174. The molecule has 0 saturated heterocycles. The van der Waals surface area contributed by atoms with Gasteiger partial charge in [-0.25, -0.2) is 9.50 Å². The molecule has 0 bridgehead atoms. The Hall–Kier alpha value is -4.04. The van der Waals surface area contributed by atoms with Crippen molar-refractivity contribution < 1.29 is 13.9 Å². The quantitative estimate of drug-likeness (QED) is 0.391. The van der Waals surface area contributed by atoms with E-state index >= 15 is 0 Å². The van der Waals surface area contributed by atoms with Crippen molar-refractivity contribution in [1.82, 2.24) is 19.2 Å².